The molecule has 4 saturated heterocycles. The van der Waals surface area contributed by atoms with Gasteiger partial charge in [0.15, 0.2) is 0 Å². The van der Waals surface area contributed by atoms with Gasteiger partial charge in [-0.2, -0.15) is 0 Å². The number of methoxy groups -OCH3 is 1. The lowest BCUT2D eigenvalue weighted by Crippen LogP contribution is -2.60. The van der Waals surface area contributed by atoms with Gasteiger partial charge < -0.3 is 15.0 Å². The van der Waals surface area contributed by atoms with Gasteiger partial charge in [0.1, 0.15) is 11.8 Å². The maximum atomic E-state index is 13.6. The number of fused-ring (bicyclic) bond motifs is 6. The van der Waals surface area contributed by atoms with Crippen LogP contribution in [-0.4, -0.2) is 77.4 Å². The molecule has 1 aliphatic carbocycles. The van der Waals surface area contributed by atoms with Crippen molar-refractivity contribution in [3.05, 3.63) is 41.5 Å². The first-order valence-electron chi connectivity index (χ1n) is 13.5. The van der Waals surface area contributed by atoms with Crippen molar-refractivity contribution >= 4 is 17.8 Å². The van der Waals surface area contributed by atoms with Crippen molar-refractivity contribution in [1.29, 1.82) is 0 Å². The van der Waals surface area contributed by atoms with E-state index in [4.69, 9.17) is 4.74 Å². The number of benzene rings is 1. The van der Waals surface area contributed by atoms with Gasteiger partial charge in [0, 0.05) is 19.1 Å². The number of nitrogens with one attached hydrogen (secondary N) is 1. The fourth-order valence-electron chi connectivity index (χ4n) is 7.32. The maximum Gasteiger partial charge on any atom is 0.325 e. The number of amides is 4. The van der Waals surface area contributed by atoms with Crippen molar-refractivity contribution < 1.29 is 19.1 Å². The van der Waals surface area contributed by atoms with E-state index in [0.29, 0.717) is 17.9 Å². The number of hydrogen-bond donors (Lipinski definition) is 1. The third kappa shape index (κ3) is 4.19. The number of likely N-dealkylation sites (tertiary alicyclic amines) is 1. The molecule has 192 valence electrons. The zero-order valence-electron chi connectivity index (χ0n) is 21.0. The number of carbonyl (C=O) groups excluding carboxylic acids is 3. The van der Waals surface area contributed by atoms with Gasteiger partial charge in [-0.1, -0.05) is 30.2 Å². The van der Waals surface area contributed by atoms with E-state index in [1.54, 1.807) is 7.11 Å². The minimum absolute atomic E-state index is 0.0187. The number of carbonyl (C=O) groups is 3. The van der Waals surface area contributed by atoms with Crippen molar-refractivity contribution in [3.63, 3.8) is 0 Å². The standard InChI is InChI=1S/C28H36N4O4/c1-36-22-9-7-18(8-10-22)16-32-27(34)23(29-28(32)35)15-25(33)31-12-4-5-19-13-20-14-21(26(19)31)17-30-11-3-2-6-24(20)30/h7-10,13,20-21,23-24,26H,2-6,11-12,14-17H2,1H3,(H,29,35)/t20-,21-,23-,24?,26?/m0/s1. The predicted octanol–water partition coefficient (Wildman–Crippen LogP) is 2.93. The number of nitrogens with zero attached hydrogens (tertiary/aromatic N) is 3. The Kier molecular flexibility index (Phi) is 6.23. The summed E-state index contributed by atoms with van der Waals surface area (Å²) in [6.07, 6.45) is 9.63. The Morgan fingerprint density at radius 1 is 1.11 bits per heavy atom. The molecule has 8 heteroatoms. The quantitative estimate of drug-likeness (QED) is 0.505. The molecule has 36 heavy (non-hydrogen) atoms. The molecule has 4 heterocycles. The van der Waals surface area contributed by atoms with Crippen LogP contribution in [0.5, 0.6) is 5.75 Å². The number of rotatable bonds is 5. The Hall–Kier alpha value is -2.87. The van der Waals surface area contributed by atoms with Gasteiger partial charge in [-0.25, -0.2) is 4.79 Å². The summed E-state index contributed by atoms with van der Waals surface area (Å²) in [7, 11) is 1.60. The molecule has 1 aromatic carbocycles. The van der Waals surface area contributed by atoms with E-state index in [1.165, 1.54) is 36.3 Å². The minimum atomic E-state index is -0.799. The average molecular weight is 493 g/mol. The molecule has 0 saturated carbocycles. The van der Waals surface area contributed by atoms with Gasteiger partial charge >= 0.3 is 6.03 Å². The molecule has 1 N–H and O–H groups in total. The molecule has 0 radical (unpaired) electrons. The lowest BCUT2D eigenvalue weighted by molar-refractivity contribution is -0.139. The van der Waals surface area contributed by atoms with Gasteiger partial charge in [0.25, 0.3) is 5.91 Å². The van der Waals surface area contributed by atoms with E-state index in [2.05, 4.69) is 16.3 Å². The lowest BCUT2D eigenvalue weighted by atomic mass is 9.68. The number of piperidine rings is 3. The maximum absolute atomic E-state index is 13.6. The second-order valence-electron chi connectivity index (χ2n) is 11.1. The van der Waals surface area contributed by atoms with E-state index < -0.39 is 12.1 Å². The Morgan fingerprint density at radius 3 is 2.75 bits per heavy atom. The van der Waals surface area contributed by atoms with Crippen molar-refractivity contribution in [2.24, 2.45) is 11.8 Å². The first-order valence-corrected chi connectivity index (χ1v) is 13.5. The smallest absolute Gasteiger partial charge is 0.325 e. The van der Waals surface area contributed by atoms with E-state index in [0.717, 1.165) is 43.7 Å². The normalized spacial score (nSPS) is 31.9. The summed E-state index contributed by atoms with van der Waals surface area (Å²) >= 11 is 0. The molecule has 2 unspecified atom stereocenters. The summed E-state index contributed by atoms with van der Waals surface area (Å²) in [5, 5.41) is 2.76. The fourth-order valence-corrected chi connectivity index (χ4v) is 7.32. The molecule has 4 amide bonds. The van der Waals surface area contributed by atoms with Crippen LogP contribution in [0.4, 0.5) is 4.79 Å². The number of hydrogen-bond acceptors (Lipinski definition) is 5. The van der Waals surface area contributed by atoms with E-state index in [1.807, 2.05) is 29.2 Å². The summed E-state index contributed by atoms with van der Waals surface area (Å²) < 4.78 is 5.18. The van der Waals surface area contributed by atoms with Crippen LogP contribution in [0.1, 0.15) is 50.5 Å². The first-order chi connectivity index (χ1) is 17.5. The highest BCUT2D eigenvalue weighted by Gasteiger charge is 2.48. The van der Waals surface area contributed by atoms with Gasteiger partial charge in [-0.3, -0.25) is 19.4 Å². The first kappa shape index (κ1) is 23.5. The Bertz CT molecular complexity index is 1070. The van der Waals surface area contributed by atoms with Crippen LogP contribution in [-0.2, 0) is 16.1 Å². The summed E-state index contributed by atoms with van der Waals surface area (Å²) in [4.78, 5) is 45.2. The third-order valence-corrected chi connectivity index (χ3v) is 8.96. The lowest BCUT2D eigenvalue weighted by Gasteiger charge is -2.54. The minimum Gasteiger partial charge on any atom is -0.497 e. The molecule has 0 spiro atoms. The predicted molar refractivity (Wildman–Crippen MR) is 134 cm³/mol. The Morgan fingerprint density at radius 2 is 1.94 bits per heavy atom. The Balaban J connectivity index is 1.14. The zero-order valence-corrected chi connectivity index (χ0v) is 21.0. The highest BCUT2D eigenvalue weighted by atomic mass is 16.5. The van der Waals surface area contributed by atoms with Crippen LogP contribution in [0.25, 0.3) is 0 Å². The summed E-state index contributed by atoms with van der Waals surface area (Å²) in [6, 6.07) is 6.89. The van der Waals surface area contributed by atoms with Gasteiger partial charge in [-0.15, -0.1) is 0 Å². The van der Waals surface area contributed by atoms with E-state index in [9.17, 15) is 14.4 Å². The summed E-state index contributed by atoms with van der Waals surface area (Å²) in [6.45, 7) is 3.16. The molecule has 5 atom stereocenters. The molecular weight excluding hydrogens is 456 g/mol. The average Bonchev–Trinajstić information content (AvgIpc) is 3.16. The highest BCUT2D eigenvalue weighted by Crippen LogP contribution is 2.45. The van der Waals surface area contributed by atoms with Gasteiger partial charge in [0.2, 0.25) is 5.91 Å². The van der Waals surface area contributed by atoms with Crippen LogP contribution in [0.15, 0.2) is 35.9 Å². The molecule has 5 aliphatic rings. The second kappa shape index (κ2) is 9.54. The van der Waals surface area contributed by atoms with Crippen molar-refractivity contribution in [1.82, 2.24) is 20.0 Å². The SMILES string of the molecule is COc1ccc(CN2C(=O)N[C@@H](CC(=O)N3CCCC4=C[C@H]5C[C@@H](CN6CCCCC56)C43)C2=O)cc1. The van der Waals surface area contributed by atoms with Crippen LogP contribution >= 0.6 is 0 Å². The fraction of sp³-hybridized carbons (Fsp3) is 0.607. The van der Waals surface area contributed by atoms with Gasteiger partial charge in [-0.05, 0) is 68.2 Å². The van der Waals surface area contributed by atoms with E-state index >= 15 is 0 Å². The summed E-state index contributed by atoms with van der Waals surface area (Å²) in [5.74, 6) is 1.46. The number of ether oxygens (including phenoxy) is 1. The van der Waals surface area contributed by atoms with Crippen molar-refractivity contribution in [3.8, 4) is 5.75 Å². The molecule has 2 bridgehead atoms. The summed E-state index contributed by atoms with van der Waals surface area (Å²) in [5.41, 5.74) is 2.27. The molecular formula is C28H36N4O4. The van der Waals surface area contributed by atoms with Crippen molar-refractivity contribution in [2.45, 2.75) is 69.6 Å². The molecule has 4 fully saturated rings. The van der Waals surface area contributed by atoms with E-state index in [-0.39, 0.29) is 30.8 Å². The van der Waals surface area contributed by atoms with Crippen LogP contribution in [0, 0.1) is 11.8 Å². The molecule has 1 aromatic rings. The third-order valence-electron chi connectivity index (χ3n) is 8.96. The molecule has 0 aromatic heterocycles. The van der Waals surface area contributed by atoms with Crippen LogP contribution in [0.3, 0.4) is 0 Å². The second-order valence-corrected chi connectivity index (χ2v) is 11.1. The zero-order chi connectivity index (χ0) is 24.8. The largest absolute Gasteiger partial charge is 0.497 e. The van der Waals surface area contributed by atoms with Gasteiger partial charge in [0.05, 0.1) is 26.1 Å². The molecule has 4 aliphatic heterocycles. The molecule has 6 rings (SSSR count). The van der Waals surface area contributed by atoms with Crippen LogP contribution in [0.2, 0.25) is 0 Å². The monoisotopic (exact) mass is 492 g/mol. The topological polar surface area (TPSA) is 82.2 Å². The molecule has 8 nitrogen and oxygen atoms in total. The highest BCUT2D eigenvalue weighted by molar-refractivity contribution is 6.05. The van der Waals surface area contributed by atoms with Crippen molar-refractivity contribution in [2.75, 3.05) is 26.7 Å². The number of imide groups is 1. The van der Waals surface area contributed by atoms with Crippen LogP contribution < -0.4 is 10.1 Å². The number of urea groups is 1. The Labute approximate surface area is 212 Å².